The maximum Gasteiger partial charge on any atom is 0.247 e. The van der Waals surface area contributed by atoms with Crippen molar-refractivity contribution in [3.8, 4) is 11.5 Å². The molecule has 0 saturated heterocycles. The summed E-state index contributed by atoms with van der Waals surface area (Å²) in [5.74, 6) is -0.895. The zero-order valence-electron chi connectivity index (χ0n) is 23.3. The molecule has 2 amide bonds. The number of hydrogen-bond acceptors (Lipinski definition) is 8. The number of halogens is 2. The van der Waals surface area contributed by atoms with Gasteiger partial charge in [-0.05, 0) is 71.8 Å². The molecule has 2 aromatic carbocycles. The van der Waals surface area contributed by atoms with Gasteiger partial charge in [-0.25, -0.2) is 4.39 Å². The third kappa shape index (κ3) is 8.82. The molecule has 0 aliphatic heterocycles. The molecule has 3 atom stereocenters. The predicted molar refractivity (Wildman–Crippen MR) is 160 cm³/mol. The Balaban J connectivity index is 2.03. The van der Waals surface area contributed by atoms with Crippen LogP contribution < -0.4 is 14.8 Å². The maximum absolute atomic E-state index is 13.6. The Kier molecular flexibility index (Phi) is 12.4. The molecule has 1 aliphatic rings. The minimum absolute atomic E-state index is 0.00291. The quantitative estimate of drug-likeness (QED) is 0.202. The van der Waals surface area contributed by atoms with E-state index in [9.17, 15) is 33.8 Å². The second-order valence-electron chi connectivity index (χ2n) is 9.87. The summed E-state index contributed by atoms with van der Waals surface area (Å²) in [6.07, 6.45) is 0.183. The topological polar surface area (TPSA) is 142 Å². The van der Waals surface area contributed by atoms with Crippen LogP contribution in [0.25, 0.3) is 0 Å². The van der Waals surface area contributed by atoms with Crippen LogP contribution in [-0.4, -0.2) is 77.5 Å². The van der Waals surface area contributed by atoms with Gasteiger partial charge in [0.1, 0.15) is 30.1 Å². The summed E-state index contributed by atoms with van der Waals surface area (Å²) in [6.45, 7) is 1.16. The Morgan fingerprint density at radius 3 is 2.52 bits per heavy atom. The average molecular weight is 697 g/mol. The van der Waals surface area contributed by atoms with Crippen LogP contribution in [0.1, 0.15) is 48.5 Å². The van der Waals surface area contributed by atoms with Crippen molar-refractivity contribution < 1.29 is 43.3 Å². The first-order valence-corrected chi connectivity index (χ1v) is 14.5. The lowest BCUT2D eigenvalue weighted by atomic mass is 9.87. The van der Waals surface area contributed by atoms with Crippen molar-refractivity contribution in [1.82, 2.24) is 10.2 Å². The number of aliphatic hydroxyl groups excluding tert-OH is 2. The number of carbonyl (C=O) groups excluding carboxylic acids is 4. The fourth-order valence-corrected chi connectivity index (χ4v) is 5.40. The van der Waals surface area contributed by atoms with Gasteiger partial charge >= 0.3 is 0 Å². The summed E-state index contributed by atoms with van der Waals surface area (Å²) in [6, 6.07) is 7.71. The molecule has 3 rings (SSSR count). The highest BCUT2D eigenvalue weighted by molar-refractivity contribution is 14.1. The molecule has 0 saturated carbocycles. The van der Waals surface area contributed by atoms with Gasteiger partial charge in [0.25, 0.3) is 0 Å². The molecule has 42 heavy (non-hydrogen) atoms. The first kappa shape index (κ1) is 33.1. The van der Waals surface area contributed by atoms with Gasteiger partial charge in [0.15, 0.2) is 11.5 Å². The molecule has 3 unspecified atom stereocenters. The van der Waals surface area contributed by atoms with Gasteiger partial charge in [-0.3, -0.25) is 14.4 Å². The van der Waals surface area contributed by atoms with Crippen LogP contribution in [0.4, 0.5) is 4.39 Å². The fraction of sp³-hybridized carbons (Fsp3) is 0.400. The number of nitrogens with zero attached hydrogens (tertiary/aromatic N) is 1. The minimum Gasteiger partial charge on any atom is -0.493 e. The largest absolute Gasteiger partial charge is 0.493 e. The van der Waals surface area contributed by atoms with Crippen LogP contribution in [0.15, 0.2) is 48.0 Å². The van der Waals surface area contributed by atoms with E-state index in [4.69, 9.17) is 9.47 Å². The summed E-state index contributed by atoms with van der Waals surface area (Å²) in [4.78, 5) is 50.9. The molecule has 0 radical (unpaired) electrons. The number of ketones is 1. The smallest absolute Gasteiger partial charge is 0.247 e. The fourth-order valence-electron chi connectivity index (χ4n) is 4.65. The van der Waals surface area contributed by atoms with Gasteiger partial charge in [0, 0.05) is 43.5 Å². The number of aliphatic hydroxyl groups is 2. The molecule has 0 spiro atoms. The Hall–Kier alpha value is -3.36. The molecule has 0 heterocycles. The highest BCUT2D eigenvalue weighted by atomic mass is 127. The van der Waals surface area contributed by atoms with Gasteiger partial charge in [0.2, 0.25) is 11.8 Å². The van der Waals surface area contributed by atoms with E-state index < -0.39 is 30.0 Å². The van der Waals surface area contributed by atoms with E-state index in [1.807, 2.05) is 22.6 Å². The number of amides is 2. The lowest BCUT2D eigenvalue weighted by Gasteiger charge is -2.41. The van der Waals surface area contributed by atoms with Gasteiger partial charge in [-0.2, -0.15) is 0 Å². The minimum atomic E-state index is -1.32. The summed E-state index contributed by atoms with van der Waals surface area (Å²) in [7, 11) is 1.40. The first-order chi connectivity index (χ1) is 20.1. The number of ether oxygens (including phenoxy) is 2. The van der Waals surface area contributed by atoms with Crippen molar-refractivity contribution >= 4 is 46.5 Å². The average Bonchev–Trinajstić information content (AvgIpc) is 2.97. The second kappa shape index (κ2) is 15.8. The molecular weight excluding hydrogens is 662 g/mol. The summed E-state index contributed by atoms with van der Waals surface area (Å²) in [5, 5.41) is 23.4. The van der Waals surface area contributed by atoms with Crippen LogP contribution in [0.5, 0.6) is 11.5 Å². The lowest BCUT2D eigenvalue weighted by Crippen LogP contribution is -2.54. The molecule has 0 fully saturated rings. The molecule has 1 aliphatic carbocycles. The summed E-state index contributed by atoms with van der Waals surface area (Å²) in [5.41, 5.74) is 1.18. The molecule has 226 valence electrons. The molecule has 0 bridgehead atoms. The predicted octanol–water partition coefficient (Wildman–Crippen LogP) is 2.96. The number of hydrogen-bond donors (Lipinski definition) is 3. The van der Waals surface area contributed by atoms with E-state index in [-0.39, 0.29) is 67.7 Å². The maximum atomic E-state index is 13.6. The highest BCUT2D eigenvalue weighted by Crippen LogP contribution is 2.37. The number of nitrogens with one attached hydrogen (secondary N) is 1. The lowest BCUT2D eigenvalue weighted by molar-refractivity contribution is -0.139. The third-order valence-electron chi connectivity index (χ3n) is 6.76. The third-order valence-corrected chi connectivity index (χ3v) is 7.56. The van der Waals surface area contributed by atoms with Crippen molar-refractivity contribution in [3.63, 3.8) is 0 Å². The van der Waals surface area contributed by atoms with Gasteiger partial charge < -0.3 is 34.7 Å². The Labute approximate surface area is 257 Å². The zero-order chi connectivity index (χ0) is 30.8. The van der Waals surface area contributed by atoms with Gasteiger partial charge in [-0.15, -0.1) is 0 Å². The summed E-state index contributed by atoms with van der Waals surface area (Å²) >= 11 is 1.97. The van der Waals surface area contributed by atoms with Gasteiger partial charge in [0.05, 0.1) is 23.3 Å². The molecule has 12 heteroatoms. The molecule has 2 aromatic rings. The molecule has 0 aromatic heterocycles. The zero-order valence-corrected chi connectivity index (χ0v) is 25.5. The number of aldehydes is 1. The number of carbonyl (C=O) groups is 4. The second-order valence-corrected chi connectivity index (χ2v) is 11.0. The summed E-state index contributed by atoms with van der Waals surface area (Å²) < 4.78 is 25.8. The van der Waals surface area contributed by atoms with E-state index in [1.165, 1.54) is 55.3 Å². The monoisotopic (exact) mass is 696 g/mol. The Morgan fingerprint density at radius 1 is 1.19 bits per heavy atom. The normalized spacial score (nSPS) is 18.0. The van der Waals surface area contributed by atoms with Crippen LogP contribution in [-0.2, 0) is 20.9 Å². The van der Waals surface area contributed by atoms with Crippen molar-refractivity contribution in [2.24, 2.45) is 0 Å². The van der Waals surface area contributed by atoms with Crippen molar-refractivity contribution in [2.75, 3.05) is 20.3 Å². The number of methoxy groups -OCH3 is 1. The molecular formula is C30H34FIN2O8. The standard InChI is InChI=1S/C30H34FIN2O8/c1-18(37)4-3-5-27(38)34(16-19-6-8-22(31)9-7-19)24-14-21(30(40)33-10-11-35)15-25(28(24)39)42-29-23(32)12-20(17-36)13-26(29)41-2/h6-9,12-13,15,17,24-25,28,35,39H,3-5,10-11,14,16H2,1-2H3,(H,33,40). The van der Waals surface area contributed by atoms with Crippen molar-refractivity contribution in [3.05, 3.63) is 68.6 Å². The highest BCUT2D eigenvalue weighted by Gasteiger charge is 2.41. The molecule has 3 N–H and O–H groups in total. The van der Waals surface area contributed by atoms with E-state index in [1.54, 1.807) is 6.07 Å². The number of benzene rings is 2. The Morgan fingerprint density at radius 2 is 1.90 bits per heavy atom. The van der Waals surface area contributed by atoms with Crippen LogP contribution in [0, 0.1) is 9.39 Å². The van der Waals surface area contributed by atoms with E-state index >= 15 is 0 Å². The van der Waals surface area contributed by atoms with E-state index in [0.717, 1.165) is 0 Å². The Bertz CT molecular complexity index is 1320. The number of Topliss-reactive ketones (excluding diaryl/α,β-unsaturated/α-hetero) is 1. The SMILES string of the molecule is COc1cc(C=O)cc(I)c1OC1C=C(C(=O)NCCO)CC(N(Cc2ccc(F)cc2)C(=O)CCCC(C)=O)C1O. The van der Waals surface area contributed by atoms with E-state index in [2.05, 4.69) is 5.32 Å². The van der Waals surface area contributed by atoms with Crippen LogP contribution >= 0.6 is 22.6 Å². The first-order valence-electron chi connectivity index (χ1n) is 13.4. The number of rotatable bonds is 14. The van der Waals surface area contributed by atoms with Crippen LogP contribution in [0.2, 0.25) is 0 Å². The van der Waals surface area contributed by atoms with Gasteiger partial charge in [-0.1, -0.05) is 12.1 Å². The van der Waals surface area contributed by atoms with Crippen LogP contribution in [0.3, 0.4) is 0 Å². The van der Waals surface area contributed by atoms with Crippen molar-refractivity contribution in [1.29, 1.82) is 0 Å². The van der Waals surface area contributed by atoms with E-state index in [0.29, 0.717) is 27.4 Å². The van der Waals surface area contributed by atoms with Crippen molar-refractivity contribution in [2.45, 2.75) is 57.4 Å². The molecule has 10 nitrogen and oxygen atoms in total.